The van der Waals surface area contributed by atoms with Crippen molar-refractivity contribution in [2.45, 2.75) is 38.6 Å². The summed E-state index contributed by atoms with van der Waals surface area (Å²) < 4.78 is 14.0. The highest BCUT2D eigenvalue weighted by atomic mass is 19.1. The maximum absolute atomic E-state index is 14.0. The number of hydrogen-bond acceptors (Lipinski definition) is 2. The average Bonchev–Trinajstić information content (AvgIpc) is 3.09. The molecule has 2 fully saturated rings. The average molecular weight is 248 g/mol. The Morgan fingerprint density at radius 3 is 2.56 bits per heavy atom. The minimum atomic E-state index is -0.132. The van der Waals surface area contributed by atoms with Crippen molar-refractivity contribution in [3.05, 3.63) is 35.1 Å². The summed E-state index contributed by atoms with van der Waals surface area (Å²) in [7, 11) is 0. The fourth-order valence-corrected chi connectivity index (χ4v) is 3.85. The van der Waals surface area contributed by atoms with Gasteiger partial charge in [-0.3, -0.25) is 11.3 Å². The Hall–Kier alpha value is -0.930. The standard InChI is InChI=1S/C15H21FN2/c1-9-6-7-13(16)12(8-9)15(18-17)14-10-4-2-3-5-11(10)14/h6-8,10-11,14-15,18H,2-5,17H2,1H3. The first kappa shape index (κ1) is 12.1. The maximum Gasteiger partial charge on any atom is 0.128 e. The molecule has 0 saturated heterocycles. The van der Waals surface area contributed by atoms with E-state index < -0.39 is 0 Å². The molecule has 2 aliphatic carbocycles. The van der Waals surface area contributed by atoms with E-state index >= 15 is 0 Å². The summed E-state index contributed by atoms with van der Waals surface area (Å²) in [6.45, 7) is 2.00. The zero-order valence-electron chi connectivity index (χ0n) is 10.8. The topological polar surface area (TPSA) is 38.0 Å². The molecule has 0 aliphatic heterocycles. The van der Waals surface area contributed by atoms with Crippen LogP contribution in [0.1, 0.15) is 42.9 Å². The van der Waals surface area contributed by atoms with Crippen LogP contribution in [-0.2, 0) is 0 Å². The first-order valence-electron chi connectivity index (χ1n) is 6.94. The highest BCUT2D eigenvalue weighted by molar-refractivity contribution is 5.29. The number of benzene rings is 1. The van der Waals surface area contributed by atoms with Gasteiger partial charge in [-0.05, 0) is 43.6 Å². The van der Waals surface area contributed by atoms with Gasteiger partial charge in [0.1, 0.15) is 5.82 Å². The van der Waals surface area contributed by atoms with Crippen molar-refractivity contribution in [1.29, 1.82) is 0 Å². The summed E-state index contributed by atoms with van der Waals surface area (Å²) in [5, 5.41) is 0. The molecule has 2 aliphatic rings. The predicted octanol–water partition coefficient (Wildman–Crippen LogP) is 3.07. The van der Waals surface area contributed by atoms with Crippen molar-refractivity contribution in [3.63, 3.8) is 0 Å². The van der Waals surface area contributed by atoms with E-state index in [1.165, 1.54) is 25.7 Å². The molecule has 0 aromatic heterocycles. The molecule has 2 saturated carbocycles. The zero-order chi connectivity index (χ0) is 12.7. The third-order valence-electron chi connectivity index (χ3n) is 4.77. The molecule has 18 heavy (non-hydrogen) atoms. The van der Waals surface area contributed by atoms with E-state index in [1.807, 2.05) is 19.1 Å². The van der Waals surface area contributed by atoms with Gasteiger partial charge in [0.05, 0.1) is 6.04 Å². The maximum atomic E-state index is 14.0. The van der Waals surface area contributed by atoms with E-state index in [4.69, 9.17) is 5.84 Å². The number of nitrogens with two attached hydrogens (primary N) is 1. The monoisotopic (exact) mass is 248 g/mol. The molecule has 3 heteroatoms. The number of aryl methyl sites for hydroxylation is 1. The lowest BCUT2D eigenvalue weighted by atomic mass is 9.98. The molecule has 3 N–H and O–H groups in total. The van der Waals surface area contributed by atoms with E-state index in [1.54, 1.807) is 6.07 Å². The van der Waals surface area contributed by atoms with E-state index in [0.717, 1.165) is 23.0 Å². The lowest BCUT2D eigenvalue weighted by Gasteiger charge is -2.18. The fourth-order valence-electron chi connectivity index (χ4n) is 3.85. The molecule has 2 nitrogen and oxygen atoms in total. The Balaban J connectivity index is 1.86. The number of fused-ring (bicyclic) bond motifs is 1. The first-order chi connectivity index (χ1) is 8.72. The van der Waals surface area contributed by atoms with Crippen molar-refractivity contribution in [2.24, 2.45) is 23.6 Å². The second-order valence-electron chi connectivity index (χ2n) is 5.86. The van der Waals surface area contributed by atoms with Crippen LogP contribution in [0.15, 0.2) is 18.2 Å². The summed E-state index contributed by atoms with van der Waals surface area (Å²) in [6, 6.07) is 5.29. The van der Waals surface area contributed by atoms with E-state index in [-0.39, 0.29) is 11.9 Å². The number of rotatable bonds is 3. The second kappa shape index (κ2) is 4.63. The number of halogens is 1. The van der Waals surface area contributed by atoms with Crippen molar-refractivity contribution >= 4 is 0 Å². The Kier molecular flexibility index (Phi) is 3.12. The Labute approximate surface area is 108 Å². The molecule has 3 rings (SSSR count). The van der Waals surface area contributed by atoms with E-state index in [2.05, 4.69) is 5.43 Å². The highest BCUT2D eigenvalue weighted by Gasteiger charge is 2.54. The van der Waals surface area contributed by atoms with Gasteiger partial charge in [0.25, 0.3) is 0 Å². The SMILES string of the molecule is Cc1ccc(F)c(C(NN)C2C3CCCCC32)c1. The third-order valence-corrected chi connectivity index (χ3v) is 4.77. The van der Waals surface area contributed by atoms with Crippen molar-refractivity contribution < 1.29 is 4.39 Å². The Morgan fingerprint density at radius 2 is 1.94 bits per heavy atom. The normalized spacial score (nSPS) is 31.8. The molecule has 0 heterocycles. The molecular formula is C15H21FN2. The molecule has 0 bridgehead atoms. The summed E-state index contributed by atoms with van der Waals surface area (Å²) in [5.41, 5.74) is 4.70. The van der Waals surface area contributed by atoms with Gasteiger partial charge >= 0.3 is 0 Å². The van der Waals surface area contributed by atoms with Gasteiger partial charge in [-0.1, -0.05) is 30.5 Å². The first-order valence-corrected chi connectivity index (χ1v) is 6.94. The van der Waals surface area contributed by atoms with Crippen LogP contribution in [0.3, 0.4) is 0 Å². The molecule has 1 aromatic rings. The smallest absolute Gasteiger partial charge is 0.128 e. The van der Waals surface area contributed by atoms with Gasteiger partial charge in [-0.25, -0.2) is 4.39 Å². The van der Waals surface area contributed by atoms with Crippen molar-refractivity contribution in [2.75, 3.05) is 0 Å². The molecule has 0 spiro atoms. The van der Waals surface area contributed by atoms with Crippen LogP contribution in [0.25, 0.3) is 0 Å². The van der Waals surface area contributed by atoms with Gasteiger partial charge in [0.2, 0.25) is 0 Å². The minimum absolute atomic E-state index is 0.0157. The molecule has 3 atom stereocenters. The van der Waals surface area contributed by atoms with E-state index in [0.29, 0.717) is 5.92 Å². The zero-order valence-corrected chi connectivity index (χ0v) is 10.8. The molecule has 1 aromatic carbocycles. The van der Waals surface area contributed by atoms with Crippen molar-refractivity contribution in [3.8, 4) is 0 Å². The van der Waals surface area contributed by atoms with Crippen molar-refractivity contribution in [1.82, 2.24) is 5.43 Å². The quantitative estimate of drug-likeness (QED) is 0.637. The van der Waals surface area contributed by atoms with Crippen LogP contribution in [0, 0.1) is 30.5 Å². The third kappa shape index (κ3) is 1.95. The van der Waals surface area contributed by atoms with Crippen LogP contribution in [-0.4, -0.2) is 0 Å². The van der Waals surface area contributed by atoms with Gasteiger partial charge in [-0.15, -0.1) is 0 Å². The molecular weight excluding hydrogens is 227 g/mol. The van der Waals surface area contributed by atoms with Crippen LogP contribution in [0.2, 0.25) is 0 Å². The summed E-state index contributed by atoms with van der Waals surface area (Å²) >= 11 is 0. The van der Waals surface area contributed by atoms with Crippen LogP contribution >= 0.6 is 0 Å². The van der Waals surface area contributed by atoms with E-state index in [9.17, 15) is 4.39 Å². The Morgan fingerprint density at radius 1 is 1.28 bits per heavy atom. The summed E-state index contributed by atoms with van der Waals surface area (Å²) in [4.78, 5) is 0. The lowest BCUT2D eigenvalue weighted by molar-refractivity contribution is 0.436. The van der Waals surface area contributed by atoms with Crippen LogP contribution in [0.4, 0.5) is 4.39 Å². The fraction of sp³-hybridized carbons (Fsp3) is 0.600. The van der Waals surface area contributed by atoms with Gasteiger partial charge in [0, 0.05) is 5.56 Å². The molecule has 0 amide bonds. The minimum Gasteiger partial charge on any atom is -0.271 e. The molecule has 98 valence electrons. The van der Waals surface area contributed by atoms with Gasteiger partial charge in [0.15, 0.2) is 0 Å². The summed E-state index contributed by atoms with van der Waals surface area (Å²) in [6.07, 6.45) is 5.23. The number of hydrogen-bond donors (Lipinski definition) is 2. The lowest BCUT2D eigenvalue weighted by Crippen LogP contribution is -2.31. The highest BCUT2D eigenvalue weighted by Crippen LogP contribution is 2.60. The molecule has 3 unspecified atom stereocenters. The number of hydrazine groups is 1. The van der Waals surface area contributed by atoms with Crippen LogP contribution < -0.4 is 11.3 Å². The Bertz CT molecular complexity index is 434. The summed E-state index contributed by atoms with van der Waals surface area (Å²) in [5.74, 6) is 7.63. The number of nitrogens with one attached hydrogen (secondary N) is 1. The second-order valence-corrected chi connectivity index (χ2v) is 5.86. The predicted molar refractivity (Wildman–Crippen MR) is 70.1 cm³/mol. The largest absolute Gasteiger partial charge is 0.271 e. The van der Waals surface area contributed by atoms with Gasteiger partial charge < -0.3 is 0 Å². The van der Waals surface area contributed by atoms with Crippen LogP contribution in [0.5, 0.6) is 0 Å². The molecule has 0 radical (unpaired) electrons. The van der Waals surface area contributed by atoms with Gasteiger partial charge in [-0.2, -0.15) is 0 Å².